The van der Waals surface area contributed by atoms with Crippen molar-refractivity contribution >= 4 is 5.91 Å². The molecule has 1 fully saturated rings. The van der Waals surface area contributed by atoms with Crippen LogP contribution < -0.4 is 0 Å². The van der Waals surface area contributed by atoms with Gasteiger partial charge in [-0.05, 0) is 43.4 Å². The van der Waals surface area contributed by atoms with E-state index in [0.29, 0.717) is 17.4 Å². The maximum atomic E-state index is 13.0. The average Bonchev–Trinajstić information content (AvgIpc) is 3.39. The van der Waals surface area contributed by atoms with Crippen LogP contribution in [0, 0.1) is 0 Å². The van der Waals surface area contributed by atoms with Gasteiger partial charge in [0, 0.05) is 24.3 Å². The van der Waals surface area contributed by atoms with Crippen molar-refractivity contribution in [1.29, 1.82) is 0 Å². The predicted molar refractivity (Wildman–Crippen MR) is 98.0 cm³/mol. The molecule has 1 aliphatic rings. The molecule has 26 heavy (non-hydrogen) atoms. The minimum Gasteiger partial charge on any atom is -0.336 e. The van der Waals surface area contributed by atoms with Gasteiger partial charge in [0.05, 0.1) is 0 Å². The molecule has 132 valence electrons. The molecular formula is C20H21N5O. The van der Waals surface area contributed by atoms with Gasteiger partial charge in [-0.3, -0.25) is 4.79 Å². The minimum absolute atomic E-state index is 0.0735. The topological polar surface area (TPSA) is 63.9 Å². The second-order valence-corrected chi connectivity index (χ2v) is 6.56. The van der Waals surface area contributed by atoms with Crippen LogP contribution in [0.4, 0.5) is 0 Å². The summed E-state index contributed by atoms with van der Waals surface area (Å²) in [7, 11) is 0. The molecule has 1 saturated heterocycles. The van der Waals surface area contributed by atoms with E-state index < -0.39 is 0 Å². The third-order valence-corrected chi connectivity index (χ3v) is 4.89. The fraction of sp³-hybridized carbons (Fsp3) is 0.300. The maximum absolute atomic E-state index is 13.0. The number of carbonyl (C=O) groups is 1. The zero-order chi connectivity index (χ0) is 17.8. The lowest BCUT2D eigenvalue weighted by molar-refractivity contribution is 0.0730. The van der Waals surface area contributed by atoms with Crippen molar-refractivity contribution in [1.82, 2.24) is 24.6 Å². The predicted octanol–water partition coefficient (Wildman–Crippen LogP) is 2.90. The van der Waals surface area contributed by atoms with E-state index in [9.17, 15) is 4.79 Å². The monoisotopic (exact) mass is 347 g/mol. The summed E-state index contributed by atoms with van der Waals surface area (Å²) in [4.78, 5) is 23.3. The molecule has 0 saturated carbocycles. The molecule has 3 heterocycles. The van der Waals surface area contributed by atoms with Crippen LogP contribution in [0.2, 0.25) is 0 Å². The number of benzene rings is 1. The van der Waals surface area contributed by atoms with Crippen molar-refractivity contribution in [2.75, 3.05) is 6.54 Å². The summed E-state index contributed by atoms with van der Waals surface area (Å²) in [6.07, 6.45) is 8.81. The van der Waals surface area contributed by atoms with Crippen molar-refractivity contribution in [2.24, 2.45) is 0 Å². The van der Waals surface area contributed by atoms with E-state index in [1.807, 2.05) is 11.0 Å². The normalized spacial score (nSPS) is 16.8. The van der Waals surface area contributed by atoms with Crippen molar-refractivity contribution in [3.63, 3.8) is 0 Å². The molecule has 4 rings (SSSR count). The molecule has 0 bridgehead atoms. The quantitative estimate of drug-likeness (QED) is 0.712. The number of aromatic nitrogens is 4. The van der Waals surface area contributed by atoms with Gasteiger partial charge in [-0.1, -0.05) is 30.3 Å². The lowest BCUT2D eigenvalue weighted by Crippen LogP contribution is -2.35. The van der Waals surface area contributed by atoms with Crippen LogP contribution in [0.25, 0.3) is 5.82 Å². The molecule has 0 spiro atoms. The summed E-state index contributed by atoms with van der Waals surface area (Å²) in [5, 5.41) is 4.08. The number of likely N-dealkylation sites (tertiary alicyclic amines) is 1. The summed E-state index contributed by atoms with van der Waals surface area (Å²) in [5.41, 5.74) is 1.97. The highest BCUT2D eigenvalue weighted by Crippen LogP contribution is 2.24. The summed E-state index contributed by atoms with van der Waals surface area (Å²) in [6.45, 7) is 0.819. The van der Waals surface area contributed by atoms with Crippen LogP contribution in [-0.4, -0.2) is 43.1 Å². The standard InChI is InChI=1S/C20H21N5O/c26-20(17-10-11-22-19(13-17)25-15-21-14-23-25)24-12-4-7-18(24)9-8-16-5-2-1-3-6-16/h1-3,5-6,10-11,13-15,18H,4,7-9,12H2. The second kappa shape index (κ2) is 7.47. The number of nitrogens with zero attached hydrogens (tertiary/aromatic N) is 5. The Bertz CT molecular complexity index is 863. The molecule has 1 aromatic carbocycles. The Morgan fingerprint density at radius 3 is 2.88 bits per heavy atom. The van der Waals surface area contributed by atoms with E-state index >= 15 is 0 Å². The third-order valence-electron chi connectivity index (χ3n) is 4.89. The van der Waals surface area contributed by atoms with Crippen molar-refractivity contribution in [3.05, 3.63) is 72.4 Å². The summed E-state index contributed by atoms with van der Waals surface area (Å²) < 4.78 is 1.56. The number of carbonyl (C=O) groups excluding carboxylic acids is 1. The average molecular weight is 347 g/mol. The molecule has 2 aromatic heterocycles. The molecular weight excluding hydrogens is 326 g/mol. The Kier molecular flexibility index (Phi) is 4.73. The molecule has 0 radical (unpaired) electrons. The SMILES string of the molecule is O=C(c1ccnc(-n2cncn2)c1)N1CCCC1CCc1ccccc1. The van der Waals surface area contributed by atoms with E-state index in [4.69, 9.17) is 0 Å². The fourth-order valence-electron chi connectivity index (χ4n) is 3.55. The smallest absolute Gasteiger partial charge is 0.254 e. The van der Waals surface area contributed by atoms with Gasteiger partial charge in [0.1, 0.15) is 12.7 Å². The molecule has 1 aliphatic heterocycles. The first-order chi connectivity index (χ1) is 12.8. The van der Waals surface area contributed by atoms with E-state index in [0.717, 1.165) is 32.2 Å². The number of rotatable bonds is 5. The van der Waals surface area contributed by atoms with Crippen LogP contribution >= 0.6 is 0 Å². The van der Waals surface area contributed by atoms with Crippen LogP contribution in [0.1, 0.15) is 35.2 Å². The van der Waals surface area contributed by atoms with Gasteiger partial charge in [0.15, 0.2) is 5.82 Å². The summed E-state index contributed by atoms with van der Waals surface area (Å²) >= 11 is 0. The number of amides is 1. The van der Waals surface area contributed by atoms with Gasteiger partial charge in [-0.2, -0.15) is 5.10 Å². The van der Waals surface area contributed by atoms with Gasteiger partial charge in [-0.15, -0.1) is 0 Å². The number of pyridine rings is 1. The molecule has 3 aromatic rings. The molecule has 1 amide bonds. The highest BCUT2D eigenvalue weighted by molar-refractivity contribution is 5.94. The Labute approximate surface area is 152 Å². The molecule has 0 aliphatic carbocycles. The zero-order valence-electron chi connectivity index (χ0n) is 14.5. The Balaban J connectivity index is 1.47. The van der Waals surface area contributed by atoms with E-state index in [2.05, 4.69) is 39.3 Å². The van der Waals surface area contributed by atoms with Gasteiger partial charge in [-0.25, -0.2) is 14.6 Å². The summed E-state index contributed by atoms with van der Waals surface area (Å²) in [5.74, 6) is 0.678. The van der Waals surface area contributed by atoms with Crippen LogP contribution in [-0.2, 0) is 6.42 Å². The molecule has 1 unspecified atom stereocenters. The zero-order valence-corrected chi connectivity index (χ0v) is 14.5. The molecule has 0 N–H and O–H groups in total. The third kappa shape index (κ3) is 3.49. The first-order valence-corrected chi connectivity index (χ1v) is 8.97. The maximum Gasteiger partial charge on any atom is 0.254 e. The number of hydrogen-bond donors (Lipinski definition) is 0. The van der Waals surface area contributed by atoms with Crippen molar-refractivity contribution in [3.8, 4) is 5.82 Å². The second-order valence-electron chi connectivity index (χ2n) is 6.56. The van der Waals surface area contributed by atoms with E-state index in [-0.39, 0.29) is 5.91 Å². The highest BCUT2D eigenvalue weighted by Gasteiger charge is 2.29. The summed E-state index contributed by atoms with van der Waals surface area (Å²) in [6, 6.07) is 14.3. The molecule has 1 atom stereocenters. The number of aryl methyl sites for hydroxylation is 1. The van der Waals surface area contributed by atoms with Gasteiger partial charge >= 0.3 is 0 Å². The Morgan fingerprint density at radius 1 is 1.19 bits per heavy atom. The van der Waals surface area contributed by atoms with E-state index in [1.54, 1.807) is 29.3 Å². The molecule has 6 nitrogen and oxygen atoms in total. The minimum atomic E-state index is 0.0735. The van der Waals surface area contributed by atoms with Crippen LogP contribution in [0.3, 0.4) is 0 Å². The largest absolute Gasteiger partial charge is 0.336 e. The van der Waals surface area contributed by atoms with Gasteiger partial charge < -0.3 is 4.90 Å². The van der Waals surface area contributed by atoms with Crippen molar-refractivity contribution < 1.29 is 4.79 Å². The Morgan fingerprint density at radius 2 is 2.08 bits per heavy atom. The van der Waals surface area contributed by atoms with Crippen molar-refractivity contribution in [2.45, 2.75) is 31.7 Å². The van der Waals surface area contributed by atoms with Crippen LogP contribution in [0.5, 0.6) is 0 Å². The first-order valence-electron chi connectivity index (χ1n) is 8.97. The first kappa shape index (κ1) is 16.4. The lowest BCUT2D eigenvalue weighted by atomic mass is 10.0. The van der Waals surface area contributed by atoms with Crippen LogP contribution in [0.15, 0.2) is 61.3 Å². The Hall–Kier alpha value is -3.02. The van der Waals surface area contributed by atoms with Gasteiger partial charge in [0.25, 0.3) is 5.91 Å². The lowest BCUT2D eigenvalue weighted by Gasteiger charge is -2.25. The molecule has 6 heteroatoms. The van der Waals surface area contributed by atoms with Gasteiger partial charge in [0.2, 0.25) is 0 Å². The number of hydrogen-bond acceptors (Lipinski definition) is 4. The fourth-order valence-corrected chi connectivity index (χ4v) is 3.55. The van der Waals surface area contributed by atoms with E-state index in [1.165, 1.54) is 11.9 Å². The highest BCUT2D eigenvalue weighted by atomic mass is 16.2.